The topological polar surface area (TPSA) is 96.0 Å². The van der Waals surface area contributed by atoms with Crippen LogP contribution < -0.4 is 21.9 Å². The second-order valence-corrected chi connectivity index (χ2v) is 7.43. The van der Waals surface area contributed by atoms with E-state index in [4.69, 9.17) is 0 Å². The van der Waals surface area contributed by atoms with Crippen LogP contribution in [-0.4, -0.2) is 21.6 Å². The molecule has 2 amide bonds. The molecule has 24 heavy (non-hydrogen) atoms. The van der Waals surface area contributed by atoms with Crippen molar-refractivity contribution in [3.63, 3.8) is 0 Å². The lowest BCUT2D eigenvalue weighted by molar-refractivity contribution is 0.239. The molecular weight excluding hydrogens is 308 g/mol. The predicted octanol–water partition coefficient (Wildman–Crippen LogP) is 1.25. The molecule has 0 saturated heterocycles. The molecule has 1 heterocycles. The Labute approximate surface area is 139 Å². The van der Waals surface area contributed by atoms with E-state index in [1.807, 2.05) is 0 Å². The molecule has 3 aliphatic carbocycles. The molecular formula is C17H24N4O3. The number of H-pyrrole nitrogens is 1. The molecule has 130 valence electrons. The van der Waals surface area contributed by atoms with Crippen LogP contribution in [0.15, 0.2) is 15.8 Å². The number of aromatic amines is 1. The number of urea groups is 1. The van der Waals surface area contributed by atoms with Gasteiger partial charge < -0.3 is 10.6 Å². The fourth-order valence-electron chi connectivity index (χ4n) is 3.96. The van der Waals surface area contributed by atoms with Gasteiger partial charge in [-0.1, -0.05) is 25.7 Å². The maximum atomic E-state index is 12.0. The number of rotatable bonds is 5. The van der Waals surface area contributed by atoms with Crippen molar-refractivity contribution in [3.05, 3.63) is 32.6 Å². The number of nitrogens with one attached hydrogen (secondary N) is 3. The molecule has 0 bridgehead atoms. The molecule has 7 nitrogen and oxygen atoms in total. The zero-order valence-corrected chi connectivity index (χ0v) is 13.7. The van der Waals surface area contributed by atoms with Crippen molar-refractivity contribution in [1.29, 1.82) is 0 Å². The number of amides is 2. The molecule has 0 radical (unpaired) electrons. The quantitative estimate of drug-likeness (QED) is 0.757. The Morgan fingerprint density at radius 1 is 1.21 bits per heavy atom. The monoisotopic (exact) mass is 332 g/mol. The van der Waals surface area contributed by atoms with Gasteiger partial charge >= 0.3 is 11.7 Å². The minimum atomic E-state index is -0.424. The summed E-state index contributed by atoms with van der Waals surface area (Å²) in [5.74, 6) is 1.42. The average molecular weight is 332 g/mol. The van der Waals surface area contributed by atoms with E-state index in [2.05, 4.69) is 15.6 Å². The van der Waals surface area contributed by atoms with Crippen LogP contribution in [0.5, 0.6) is 0 Å². The van der Waals surface area contributed by atoms with Gasteiger partial charge in [0.05, 0.1) is 12.1 Å². The molecule has 0 aliphatic heterocycles. The van der Waals surface area contributed by atoms with Crippen LogP contribution in [0.3, 0.4) is 0 Å². The van der Waals surface area contributed by atoms with Gasteiger partial charge in [-0.3, -0.25) is 14.3 Å². The maximum Gasteiger partial charge on any atom is 0.328 e. The third-order valence-electron chi connectivity index (χ3n) is 5.58. The summed E-state index contributed by atoms with van der Waals surface area (Å²) in [6.45, 7) is 0.134. The van der Waals surface area contributed by atoms with Gasteiger partial charge in [0.1, 0.15) is 0 Å². The van der Waals surface area contributed by atoms with Gasteiger partial charge in [-0.15, -0.1) is 0 Å². The Morgan fingerprint density at radius 2 is 1.96 bits per heavy atom. The highest BCUT2D eigenvalue weighted by Crippen LogP contribution is 2.45. The van der Waals surface area contributed by atoms with Gasteiger partial charge in [-0.25, -0.2) is 9.59 Å². The van der Waals surface area contributed by atoms with E-state index in [-0.39, 0.29) is 30.3 Å². The van der Waals surface area contributed by atoms with Crippen molar-refractivity contribution in [3.8, 4) is 0 Å². The summed E-state index contributed by atoms with van der Waals surface area (Å²) in [5, 5.41) is 5.74. The fraction of sp³-hybridized carbons (Fsp3) is 0.706. The van der Waals surface area contributed by atoms with Gasteiger partial charge in [0, 0.05) is 18.3 Å². The van der Waals surface area contributed by atoms with E-state index in [1.165, 1.54) is 25.7 Å². The number of aromatic nitrogens is 2. The van der Waals surface area contributed by atoms with Crippen molar-refractivity contribution < 1.29 is 4.79 Å². The lowest BCUT2D eigenvalue weighted by Crippen LogP contribution is -2.39. The minimum absolute atomic E-state index is 0.134. The lowest BCUT2D eigenvalue weighted by atomic mass is 10.0. The van der Waals surface area contributed by atoms with Crippen molar-refractivity contribution >= 4 is 6.03 Å². The molecule has 0 aromatic carbocycles. The van der Waals surface area contributed by atoms with E-state index in [1.54, 1.807) is 10.8 Å². The Kier molecular flexibility index (Phi) is 3.94. The summed E-state index contributed by atoms with van der Waals surface area (Å²) in [6, 6.07) is 0.247. The summed E-state index contributed by atoms with van der Waals surface area (Å²) < 4.78 is 1.56. The molecule has 3 aliphatic rings. The van der Waals surface area contributed by atoms with Crippen LogP contribution in [0.2, 0.25) is 0 Å². The maximum absolute atomic E-state index is 12.0. The normalized spacial score (nSPS) is 26.3. The smallest absolute Gasteiger partial charge is 0.328 e. The molecule has 4 rings (SSSR count). The predicted molar refractivity (Wildman–Crippen MR) is 88.8 cm³/mol. The highest BCUT2D eigenvalue weighted by atomic mass is 16.2. The molecule has 1 aromatic rings. The highest BCUT2D eigenvalue weighted by molar-refractivity contribution is 5.74. The second-order valence-electron chi connectivity index (χ2n) is 7.43. The average Bonchev–Trinajstić information content (AvgIpc) is 3.47. The zero-order valence-electron chi connectivity index (χ0n) is 13.7. The van der Waals surface area contributed by atoms with Crippen LogP contribution >= 0.6 is 0 Å². The van der Waals surface area contributed by atoms with E-state index in [0.717, 1.165) is 25.2 Å². The molecule has 2 unspecified atom stereocenters. The second kappa shape index (κ2) is 6.11. The van der Waals surface area contributed by atoms with Gasteiger partial charge in [0.25, 0.3) is 5.56 Å². The Hall–Kier alpha value is -2.05. The standard InChI is InChI=1S/C17H24N4O3/c22-15-11(9-21(12-5-6-12)17(24)20-15)8-18-16(23)19-14-7-13(14)10-3-1-2-4-10/h9-10,12-14H,1-8H2,(H2,18,19,23)(H,20,22,24). The summed E-state index contributed by atoms with van der Waals surface area (Å²) in [4.78, 5) is 38.0. The van der Waals surface area contributed by atoms with Crippen molar-refractivity contribution in [1.82, 2.24) is 20.2 Å². The first kappa shape index (κ1) is 15.5. The Bertz CT molecular complexity index is 743. The molecule has 1 aromatic heterocycles. The molecule has 0 spiro atoms. The van der Waals surface area contributed by atoms with E-state index in [0.29, 0.717) is 11.5 Å². The summed E-state index contributed by atoms with van der Waals surface area (Å²) in [5.41, 5.74) is -0.375. The van der Waals surface area contributed by atoms with Gasteiger partial charge in [0.15, 0.2) is 0 Å². The number of carbonyl (C=O) groups is 1. The van der Waals surface area contributed by atoms with E-state index < -0.39 is 5.56 Å². The van der Waals surface area contributed by atoms with Gasteiger partial charge in [-0.2, -0.15) is 0 Å². The number of nitrogens with zero attached hydrogens (tertiary/aromatic N) is 1. The van der Waals surface area contributed by atoms with Gasteiger partial charge in [0.2, 0.25) is 0 Å². The number of hydrogen-bond acceptors (Lipinski definition) is 3. The zero-order chi connectivity index (χ0) is 16.7. The Morgan fingerprint density at radius 3 is 2.67 bits per heavy atom. The van der Waals surface area contributed by atoms with Crippen LogP contribution in [0.1, 0.15) is 56.6 Å². The largest absolute Gasteiger partial charge is 0.335 e. The molecule has 2 atom stereocenters. The molecule has 3 fully saturated rings. The highest BCUT2D eigenvalue weighted by Gasteiger charge is 2.44. The first-order valence-electron chi connectivity index (χ1n) is 9.00. The first-order chi connectivity index (χ1) is 11.6. The fourth-order valence-corrected chi connectivity index (χ4v) is 3.96. The first-order valence-corrected chi connectivity index (χ1v) is 9.00. The molecule has 7 heteroatoms. The Balaban J connectivity index is 1.30. The van der Waals surface area contributed by atoms with Crippen LogP contribution in [0, 0.1) is 11.8 Å². The van der Waals surface area contributed by atoms with Crippen molar-refractivity contribution in [2.45, 2.75) is 63.6 Å². The van der Waals surface area contributed by atoms with E-state index in [9.17, 15) is 14.4 Å². The summed E-state index contributed by atoms with van der Waals surface area (Å²) in [6.07, 6.45) is 9.81. The third-order valence-corrected chi connectivity index (χ3v) is 5.58. The van der Waals surface area contributed by atoms with Gasteiger partial charge in [-0.05, 0) is 31.1 Å². The number of carbonyl (C=O) groups excluding carboxylic acids is 1. The molecule has 3 N–H and O–H groups in total. The van der Waals surface area contributed by atoms with E-state index >= 15 is 0 Å². The van der Waals surface area contributed by atoms with Crippen molar-refractivity contribution in [2.75, 3.05) is 0 Å². The minimum Gasteiger partial charge on any atom is -0.335 e. The number of hydrogen-bond donors (Lipinski definition) is 3. The lowest BCUT2D eigenvalue weighted by Gasteiger charge is -2.11. The third kappa shape index (κ3) is 3.25. The van der Waals surface area contributed by atoms with Crippen molar-refractivity contribution in [2.24, 2.45) is 11.8 Å². The SMILES string of the molecule is O=C(NCc1cn(C2CC2)c(=O)[nH]c1=O)NC1CC1C1CCCC1. The van der Waals surface area contributed by atoms with Crippen LogP contribution in [0.25, 0.3) is 0 Å². The van der Waals surface area contributed by atoms with Crippen LogP contribution in [0.4, 0.5) is 4.79 Å². The van der Waals surface area contributed by atoms with Crippen LogP contribution in [-0.2, 0) is 6.54 Å². The summed E-state index contributed by atoms with van der Waals surface area (Å²) in [7, 11) is 0. The summed E-state index contributed by atoms with van der Waals surface area (Å²) >= 11 is 0. The molecule has 3 saturated carbocycles.